The molecule has 0 saturated carbocycles. The summed E-state index contributed by atoms with van der Waals surface area (Å²) in [4.78, 5) is 13.1. The summed E-state index contributed by atoms with van der Waals surface area (Å²) in [7, 11) is 1.69. The maximum Gasteiger partial charge on any atom is 0.248 e. The summed E-state index contributed by atoms with van der Waals surface area (Å²) in [6, 6.07) is 2.01. The van der Waals surface area contributed by atoms with Gasteiger partial charge < -0.3 is 14.4 Å². The van der Waals surface area contributed by atoms with Gasteiger partial charge in [0.05, 0.1) is 18.6 Å². The minimum atomic E-state index is -0.0678. The van der Waals surface area contributed by atoms with E-state index in [1.165, 1.54) is 4.90 Å². The fourth-order valence-corrected chi connectivity index (χ4v) is 1.48. The molecule has 1 heterocycles. The molecule has 1 rings (SSSR count). The van der Waals surface area contributed by atoms with Gasteiger partial charge in [0.25, 0.3) is 0 Å². The van der Waals surface area contributed by atoms with Crippen LogP contribution in [-0.2, 0) is 14.3 Å². The van der Waals surface area contributed by atoms with Crippen LogP contribution in [0.15, 0.2) is 0 Å². The van der Waals surface area contributed by atoms with Crippen LogP contribution in [0.4, 0.5) is 0 Å². The fraction of sp³-hybridized carbons (Fsp3) is 0.818. The number of nitrogens with zero attached hydrogens (tertiary/aromatic N) is 2. The predicted molar refractivity (Wildman–Crippen MR) is 57.7 cm³/mol. The SMILES string of the molecule is CN(CCC#N)C(=O)COC1CCOCC1. The van der Waals surface area contributed by atoms with E-state index in [9.17, 15) is 4.79 Å². The number of likely N-dealkylation sites (N-methyl/N-ethyl adjacent to an activating group) is 1. The first kappa shape index (κ1) is 12.9. The van der Waals surface area contributed by atoms with Crippen molar-refractivity contribution in [3.8, 4) is 6.07 Å². The maximum absolute atomic E-state index is 11.6. The monoisotopic (exact) mass is 226 g/mol. The summed E-state index contributed by atoms with van der Waals surface area (Å²) in [6.07, 6.45) is 2.21. The van der Waals surface area contributed by atoms with Crippen LogP contribution in [0.1, 0.15) is 19.3 Å². The van der Waals surface area contributed by atoms with Gasteiger partial charge in [0.15, 0.2) is 0 Å². The van der Waals surface area contributed by atoms with E-state index in [4.69, 9.17) is 14.7 Å². The van der Waals surface area contributed by atoms with Gasteiger partial charge in [-0.2, -0.15) is 5.26 Å². The summed E-state index contributed by atoms with van der Waals surface area (Å²) < 4.78 is 10.7. The first-order valence-corrected chi connectivity index (χ1v) is 5.54. The second kappa shape index (κ2) is 7.20. The predicted octanol–water partition coefficient (Wildman–Crippen LogP) is 0.554. The Morgan fingerprint density at radius 2 is 2.25 bits per heavy atom. The van der Waals surface area contributed by atoms with Gasteiger partial charge in [-0.1, -0.05) is 0 Å². The summed E-state index contributed by atoms with van der Waals surface area (Å²) in [5, 5.41) is 8.40. The molecule has 1 saturated heterocycles. The van der Waals surface area contributed by atoms with E-state index < -0.39 is 0 Å². The maximum atomic E-state index is 11.6. The number of nitriles is 1. The summed E-state index contributed by atoms with van der Waals surface area (Å²) >= 11 is 0. The van der Waals surface area contributed by atoms with Crippen LogP contribution < -0.4 is 0 Å². The number of rotatable bonds is 5. The lowest BCUT2D eigenvalue weighted by Crippen LogP contribution is -2.34. The molecule has 0 aromatic heterocycles. The van der Waals surface area contributed by atoms with Crippen LogP contribution >= 0.6 is 0 Å². The molecule has 1 fully saturated rings. The smallest absolute Gasteiger partial charge is 0.248 e. The number of amides is 1. The molecule has 0 aromatic rings. The van der Waals surface area contributed by atoms with Crippen molar-refractivity contribution in [3.63, 3.8) is 0 Å². The Morgan fingerprint density at radius 1 is 1.56 bits per heavy atom. The minimum absolute atomic E-state index is 0.0678. The van der Waals surface area contributed by atoms with Crippen molar-refractivity contribution >= 4 is 5.91 Å². The van der Waals surface area contributed by atoms with Gasteiger partial charge in [0, 0.05) is 26.8 Å². The quantitative estimate of drug-likeness (QED) is 0.687. The summed E-state index contributed by atoms with van der Waals surface area (Å²) in [6.45, 7) is 1.99. The first-order chi connectivity index (χ1) is 7.74. The first-order valence-electron chi connectivity index (χ1n) is 5.54. The Balaban J connectivity index is 2.15. The minimum Gasteiger partial charge on any atom is -0.381 e. The molecule has 0 bridgehead atoms. The zero-order valence-corrected chi connectivity index (χ0v) is 9.65. The summed E-state index contributed by atoms with van der Waals surface area (Å²) in [5.74, 6) is -0.0678. The fourth-order valence-electron chi connectivity index (χ4n) is 1.48. The van der Waals surface area contributed by atoms with Gasteiger partial charge >= 0.3 is 0 Å². The highest BCUT2D eigenvalue weighted by Crippen LogP contribution is 2.10. The molecular formula is C11H18N2O3. The lowest BCUT2D eigenvalue weighted by molar-refractivity contribution is -0.138. The largest absolute Gasteiger partial charge is 0.381 e. The van der Waals surface area contributed by atoms with Crippen LogP contribution in [0, 0.1) is 11.3 Å². The lowest BCUT2D eigenvalue weighted by Gasteiger charge is -2.23. The third-order valence-electron chi connectivity index (χ3n) is 2.60. The van der Waals surface area contributed by atoms with Crippen LogP contribution in [0.3, 0.4) is 0 Å². The molecule has 0 radical (unpaired) electrons. The van der Waals surface area contributed by atoms with Crippen LogP contribution in [0.2, 0.25) is 0 Å². The van der Waals surface area contributed by atoms with E-state index in [0.717, 1.165) is 12.8 Å². The van der Waals surface area contributed by atoms with Gasteiger partial charge in [0.2, 0.25) is 5.91 Å². The molecule has 1 amide bonds. The lowest BCUT2D eigenvalue weighted by atomic mass is 10.1. The number of hydrogen-bond acceptors (Lipinski definition) is 4. The van der Waals surface area contributed by atoms with Gasteiger partial charge in [-0.25, -0.2) is 0 Å². The molecule has 5 nitrogen and oxygen atoms in total. The van der Waals surface area contributed by atoms with Crippen molar-refractivity contribution < 1.29 is 14.3 Å². The highest BCUT2D eigenvalue weighted by molar-refractivity contribution is 5.77. The Morgan fingerprint density at radius 3 is 2.88 bits per heavy atom. The van der Waals surface area contributed by atoms with Crippen molar-refractivity contribution in [2.45, 2.75) is 25.4 Å². The Kier molecular flexibility index (Phi) is 5.83. The number of carbonyl (C=O) groups excluding carboxylic acids is 1. The third kappa shape index (κ3) is 4.60. The van der Waals surface area contributed by atoms with E-state index in [0.29, 0.717) is 26.2 Å². The normalized spacial score (nSPS) is 16.8. The molecule has 90 valence electrons. The zero-order valence-electron chi connectivity index (χ0n) is 9.65. The summed E-state index contributed by atoms with van der Waals surface area (Å²) in [5.41, 5.74) is 0. The molecule has 0 spiro atoms. The average molecular weight is 226 g/mol. The van der Waals surface area contributed by atoms with E-state index in [-0.39, 0.29) is 18.6 Å². The molecule has 0 atom stereocenters. The molecule has 16 heavy (non-hydrogen) atoms. The van der Waals surface area contributed by atoms with Gasteiger partial charge in [-0.3, -0.25) is 4.79 Å². The van der Waals surface area contributed by atoms with E-state index in [1.54, 1.807) is 7.05 Å². The molecule has 0 N–H and O–H groups in total. The average Bonchev–Trinajstić information content (AvgIpc) is 2.34. The second-order valence-electron chi connectivity index (χ2n) is 3.85. The molecule has 0 aromatic carbocycles. The molecule has 1 aliphatic heterocycles. The van der Waals surface area contributed by atoms with Gasteiger partial charge in [0.1, 0.15) is 6.61 Å². The van der Waals surface area contributed by atoms with E-state index >= 15 is 0 Å². The number of ether oxygens (including phenoxy) is 2. The van der Waals surface area contributed by atoms with Crippen molar-refractivity contribution in [3.05, 3.63) is 0 Å². The van der Waals surface area contributed by atoms with Crippen molar-refractivity contribution in [2.24, 2.45) is 0 Å². The molecule has 5 heteroatoms. The van der Waals surface area contributed by atoms with Crippen molar-refractivity contribution in [2.75, 3.05) is 33.4 Å². The Hall–Kier alpha value is -1.12. The zero-order chi connectivity index (χ0) is 11.8. The second-order valence-corrected chi connectivity index (χ2v) is 3.85. The number of carbonyl (C=O) groups is 1. The highest BCUT2D eigenvalue weighted by Gasteiger charge is 2.16. The topological polar surface area (TPSA) is 62.6 Å². The number of hydrogen-bond donors (Lipinski definition) is 0. The van der Waals surface area contributed by atoms with Gasteiger partial charge in [-0.05, 0) is 12.8 Å². The van der Waals surface area contributed by atoms with Crippen molar-refractivity contribution in [1.82, 2.24) is 4.90 Å². The molecule has 0 unspecified atom stereocenters. The standard InChI is InChI=1S/C11H18N2O3/c1-13(6-2-5-12)11(14)9-16-10-3-7-15-8-4-10/h10H,2-4,6-9H2,1H3. The van der Waals surface area contributed by atoms with E-state index in [2.05, 4.69) is 0 Å². The van der Waals surface area contributed by atoms with Crippen LogP contribution in [-0.4, -0.2) is 50.3 Å². The van der Waals surface area contributed by atoms with Crippen LogP contribution in [0.5, 0.6) is 0 Å². The molecular weight excluding hydrogens is 208 g/mol. The Labute approximate surface area is 95.9 Å². The Bertz CT molecular complexity index is 256. The molecule has 0 aliphatic carbocycles. The van der Waals surface area contributed by atoms with Gasteiger partial charge in [-0.15, -0.1) is 0 Å². The third-order valence-corrected chi connectivity index (χ3v) is 2.60. The van der Waals surface area contributed by atoms with Crippen LogP contribution in [0.25, 0.3) is 0 Å². The van der Waals surface area contributed by atoms with Crippen molar-refractivity contribution in [1.29, 1.82) is 5.26 Å². The van der Waals surface area contributed by atoms with E-state index in [1.807, 2.05) is 6.07 Å². The highest BCUT2D eigenvalue weighted by atomic mass is 16.5. The molecule has 1 aliphatic rings.